The van der Waals surface area contributed by atoms with E-state index in [4.69, 9.17) is 4.84 Å². The number of benzene rings is 2. The van der Waals surface area contributed by atoms with Crippen LogP contribution in [0.25, 0.3) is 11.1 Å². The van der Waals surface area contributed by atoms with Crippen LogP contribution in [0.3, 0.4) is 0 Å². The summed E-state index contributed by atoms with van der Waals surface area (Å²) in [4.78, 5) is 22.7. The third kappa shape index (κ3) is 4.35. The molecule has 0 radical (unpaired) electrons. The van der Waals surface area contributed by atoms with Crippen LogP contribution >= 0.6 is 0 Å². The van der Waals surface area contributed by atoms with Gasteiger partial charge < -0.3 is 10.2 Å². The number of carbonyl (C=O) groups is 1. The lowest BCUT2D eigenvalue weighted by molar-refractivity contribution is 0.0826. The Bertz CT molecular complexity index is 1030. The molecule has 146 valence electrons. The molecule has 1 aliphatic rings. The summed E-state index contributed by atoms with van der Waals surface area (Å²) in [6, 6.07) is 21.7. The number of carbonyl (C=O) groups excluding carboxylic acids is 1. The fraction of sp³-hybridized carbons (Fsp3) is 0.208. The van der Waals surface area contributed by atoms with Crippen LogP contribution in [0.15, 0.2) is 78.1 Å². The Kier molecular flexibility index (Phi) is 5.38. The fourth-order valence-corrected chi connectivity index (χ4v) is 3.34. The molecule has 3 aromatic rings. The van der Waals surface area contributed by atoms with Crippen molar-refractivity contribution >= 4 is 11.6 Å². The van der Waals surface area contributed by atoms with Gasteiger partial charge in [0.15, 0.2) is 6.10 Å². The van der Waals surface area contributed by atoms with Crippen molar-refractivity contribution in [3.8, 4) is 11.1 Å². The van der Waals surface area contributed by atoms with Crippen LogP contribution in [-0.4, -0.2) is 22.6 Å². The largest absolute Gasteiger partial charge is 0.385 e. The lowest BCUT2D eigenvalue weighted by Crippen LogP contribution is -2.30. The second-order valence-electron chi connectivity index (χ2n) is 7.38. The number of nitrogens with one attached hydrogen (secondary N) is 1. The maximum absolute atomic E-state index is 12.7. The molecule has 1 amide bonds. The number of nitrogens with zero attached hydrogens (tertiary/aromatic N) is 2. The van der Waals surface area contributed by atoms with E-state index in [2.05, 4.69) is 21.5 Å². The summed E-state index contributed by atoms with van der Waals surface area (Å²) in [5.74, 6) is -0.0974. The van der Waals surface area contributed by atoms with Crippen molar-refractivity contribution in [1.29, 1.82) is 0 Å². The zero-order valence-corrected chi connectivity index (χ0v) is 16.5. The summed E-state index contributed by atoms with van der Waals surface area (Å²) in [5.41, 5.74) is 5.19. The minimum atomic E-state index is -0.209. The van der Waals surface area contributed by atoms with Gasteiger partial charge in [0, 0.05) is 29.8 Å². The predicted molar refractivity (Wildman–Crippen MR) is 114 cm³/mol. The Balaban J connectivity index is 1.68. The van der Waals surface area contributed by atoms with E-state index in [0.717, 1.165) is 28.1 Å². The summed E-state index contributed by atoms with van der Waals surface area (Å²) in [5, 5.41) is 7.27. The van der Waals surface area contributed by atoms with Gasteiger partial charge in [-0.15, -0.1) is 0 Å². The van der Waals surface area contributed by atoms with E-state index in [1.54, 1.807) is 6.20 Å². The number of aromatic nitrogens is 1. The molecule has 0 fully saturated rings. The van der Waals surface area contributed by atoms with E-state index < -0.39 is 0 Å². The van der Waals surface area contributed by atoms with Crippen LogP contribution in [0.1, 0.15) is 48.0 Å². The Morgan fingerprint density at radius 1 is 1.00 bits per heavy atom. The van der Waals surface area contributed by atoms with Gasteiger partial charge in [0.05, 0.1) is 11.4 Å². The van der Waals surface area contributed by atoms with Crippen molar-refractivity contribution in [3.63, 3.8) is 0 Å². The number of amides is 1. The fourth-order valence-electron chi connectivity index (χ4n) is 3.34. The molecule has 1 atom stereocenters. The summed E-state index contributed by atoms with van der Waals surface area (Å²) in [6.45, 7) is 3.90. The first kappa shape index (κ1) is 18.9. The third-order valence-corrected chi connectivity index (χ3v) is 4.74. The quantitative estimate of drug-likeness (QED) is 0.689. The lowest BCUT2D eigenvalue weighted by Gasteiger charge is -2.12. The van der Waals surface area contributed by atoms with Gasteiger partial charge in [-0.05, 0) is 55.3 Å². The third-order valence-electron chi connectivity index (χ3n) is 4.74. The second kappa shape index (κ2) is 8.27. The molecule has 1 N–H and O–H groups in total. The van der Waals surface area contributed by atoms with Gasteiger partial charge in [0.2, 0.25) is 0 Å². The Morgan fingerprint density at radius 2 is 1.76 bits per heavy atom. The highest BCUT2D eigenvalue weighted by Crippen LogP contribution is 2.30. The normalized spacial score (nSPS) is 15.7. The molecule has 0 bridgehead atoms. The van der Waals surface area contributed by atoms with Crippen LogP contribution in [0.4, 0.5) is 0 Å². The van der Waals surface area contributed by atoms with E-state index in [-0.39, 0.29) is 18.1 Å². The zero-order valence-electron chi connectivity index (χ0n) is 16.5. The molecule has 4 rings (SSSR count). The molecule has 2 aromatic carbocycles. The van der Waals surface area contributed by atoms with Gasteiger partial charge in [0.1, 0.15) is 0 Å². The molecule has 5 nitrogen and oxygen atoms in total. The Labute approximate surface area is 170 Å². The van der Waals surface area contributed by atoms with Gasteiger partial charge in [-0.3, -0.25) is 9.78 Å². The van der Waals surface area contributed by atoms with Gasteiger partial charge in [-0.1, -0.05) is 41.6 Å². The maximum Gasteiger partial charge on any atom is 0.251 e. The molecule has 0 saturated carbocycles. The van der Waals surface area contributed by atoms with Crippen molar-refractivity contribution in [1.82, 2.24) is 10.3 Å². The van der Waals surface area contributed by atoms with Gasteiger partial charge in [0.25, 0.3) is 5.91 Å². The van der Waals surface area contributed by atoms with Crippen molar-refractivity contribution in [2.75, 3.05) is 0 Å². The predicted octanol–water partition coefficient (Wildman–Crippen LogP) is 4.75. The molecule has 29 heavy (non-hydrogen) atoms. The average Bonchev–Trinajstić information content (AvgIpc) is 3.25. The molecule has 1 unspecified atom stereocenters. The summed E-state index contributed by atoms with van der Waals surface area (Å²) >= 11 is 0. The highest BCUT2D eigenvalue weighted by atomic mass is 16.6. The zero-order chi connectivity index (χ0) is 20.2. The molecule has 1 aromatic heterocycles. The monoisotopic (exact) mass is 385 g/mol. The highest BCUT2D eigenvalue weighted by Gasteiger charge is 2.25. The van der Waals surface area contributed by atoms with E-state index in [9.17, 15) is 4.79 Å². The minimum absolute atomic E-state index is 0.0621. The average molecular weight is 385 g/mol. The number of rotatable bonds is 5. The molecule has 5 heteroatoms. The first-order valence-corrected chi connectivity index (χ1v) is 9.75. The van der Waals surface area contributed by atoms with Gasteiger partial charge in [-0.25, -0.2) is 0 Å². The topological polar surface area (TPSA) is 63.6 Å². The van der Waals surface area contributed by atoms with E-state index in [0.29, 0.717) is 12.0 Å². The van der Waals surface area contributed by atoms with Crippen LogP contribution in [0.5, 0.6) is 0 Å². The van der Waals surface area contributed by atoms with Crippen LogP contribution in [-0.2, 0) is 4.84 Å². The van der Waals surface area contributed by atoms with Crippen molar-refractivity contribution in [2.24, 2.45) is 5.16 Å². The van der Waals surface area contributed by atoms with Crippen molar-refractivity contribution in [2.45, 2.75) is 32.4 Å². The first-order chi connectivity index (χ1) is 14.1. The van der Waals surface area contributed by atoms with Crippen LogP contribution in [0, 0.1) is 0 Å². The first-order valence-electron chi connectivity index (χ1n) is 9.75. The number of hydrogen-bond donors (Lipinski definition) is 1. The van der Waals surface area contributed by atoms with Crippen molar-refractivity contribution in [3.05, 3.63) is 89.7 Å². The maximum atomic E-state index is 12.7. The van der Waals surface area contributed by atoms with Gasteiger partial charge >= 0.3 is 0 Å². The number of hydrogen-bond acceptors (Lipinski definition) is 4. The standard InChI is InChI=1S/C24H23N3O2/c1-16(2)26-24(28)20-13-18(17-8-4-3-5-9-17)12-19(14-20)22-15-23(29-27-22)21-10-6-7-11-25-21/h3-14,16,23H,15H2,1-2H3,(H,26,28). The number of pyridine rings is 1. The molecule has 0 aliphatic carbocycles. The summed E-state index contributed by atoms with van der Waals surface area (Å²) in [7, 11) is 0. The molecule has 0 saturated heterocycles. The minimum Gasteiger partial charge on any atom is -0.385 e. The van der Waals surface area contributed by atoms with E-state index in [1.165, 1.54) is 0 Å². The molecule has 1 aliphatic heterocycles. The molecule has 2 heterocycles. The van der Waals surface area contributed by atoms with Crippen molar-refractivity contribution < 1.29 is 9.63 Å². The highest BCUT2D eigenvalue weighted by molar-refractivity contribution is 6.05. The Hall–Kier alpha value is -3.47. The lowest BCUT2D eigenvalue weighted by atomic mass is 9.95. The summed E-state index contributed by atoms with van der Waals surface area (Å²) in [6.07, 6.45) is 2.15. The van der Waals surface area contributed by atoms with Crippen LogP contribution in [0.2, 0.25) is 0 Å². The van der Waals surface area contributed by atoms with E-state index >= 15 is 0 Å². The molecular weight excluding hydrogens is 362 g/mol. The SMILES string of the molecule is CC(C)NC(=O)c1cc(C2=NOC(c3ccccn3)C2)cc(-c2ccccc2)c1. The molecular formula is C24H23N3O2. The van der Waals surface area contributed by atoms with Gasteiger partial charge in [-0.2, -0.15) is 0 Å². The summed E-state index contributed by atoms with van der Waals surface area (Å²) < 4.78 is 0. The number of oxime groups is 1. The van der Waals surface area contributed by atoms with Crippen LogP contribution < -0.4 is 5.32 Å². The smallest absolute Gasteiger partial charge is 0.251 e. The molecule has 0 spiro atoms. The van der Waals surface area contributed by atoms with E-state index in [1.807, 2.05) is 74.5 Å². The second-order valence-corrected chi connectivity index (χ2v) is 7.38. The Morgan fingerprint density at radius 3 is 2.48 bits per heavy atom.